The Bertz CT molecular complexity index is 694. The molecule has 0 spiro atoms. The number of carbonyl (C=O) groups is 1. The number of benzene rings is 1. The zero-order chi connectivity index (χ0) is 16.3. The molecule has 1 heterocycles. The largest absolute Gasteiger partial charge is 0.385 e. The van der Waals surface area contributed by atoms with Crippen molar-refractivity contribution < 1.29 is 9.18 Å². The summed E-state index contributed by atoms with van der Waals surface area (Å²) in [4.78, 5) is 12.3. The van der Waals surface area contributed by atoms with E-state index in [0.717, 1.165) is 17.8 Å². The number of nitrogens with zero attached hydrogens (tertiary/aromatic N) is 2. The van der Waals surface area contributed by atoms with Gasteiger partial charge in [-0.15, -0.1) is 5.10 Å². The molecule has 1 aromatic carbocycles. The van der Waals surface area contributed by atoms with Crippen LogP contribution in [0, 0.1) is 19.8 Å². The monoisotopic (exact) mass is 304 g/mol. The Morgan fingerprint density at radius 2 is 2.09 bits per heavy atom. The topological polar surface area (TPSA) is 59.0 Å². The van der Waals surface area contributed by atoms with Gasteiger partial charge in [0.1, 0.15) is 0 Å². The van der Waals surface area contributed by atoms with Crippen LogP contribution in [-0.4, -0.2) is 22.2 Å². The number of aromatic nitrogens is 2. The van der Waals surface area contributed by atoms with Gasteiger partial charge in [0, 0.05) is 42.6 Å². The fourth-order valence-corrected chi connectivity index (χ4v) is 2.34. The van der Waals surface area contributed by atoms with Crippen molar-refractivity contribution in [3.63, 3.8) is 0 Å². The van der Waals surface area contributed by atoms with Gasteiger partial charge in [-0.1, -0.05) is 6.07 Å². The second-order valence-electron chi connectivity index (χ2n) is 5.17. The first-order valence-electron chi connectivity index (χ1n) is 7.25. The summed E-state index contributed by atoms with van der Waals surface area (Å²) in [6.45, 7) is 6.57. The zero-order valence-corrected chi connectivity index (χ0v) is 13.3. The lowest BCUT2D eigenvalue weighted by Gasteiger charge is -2.12. The molecule has 0 unspecified atom stereocenters. The van der Waals surface area contributed by atoms with Crippen molar-refractivity contribution >= 4 is 11.6 Å². The number of anilines is 1. The Morgan fingerprint density at radius 1 is 1.36 bits per heavy atom. The minimum Gasteiger partial charge on any atom is -0.385 e. The van der Waals surface area contributed by atoms with Gasteiger partial charge in [-0.05, 0) is 38.5 Å². The van der Waals surface area contributed by atoms with E-state index in [0.29, 0.717) is 16.8 Å². The quantitative estimate of drug-likeness (QED) is 0.892. The number of halogens is 1. The molecule has 118 valence electrons. The van der Waals surface area contributed by atoms with Crippen LogP contribution in [0.3, 0.4) is 0 Å². The standard InChI is InChI=1S/C16H21FN4O/c1-5-18-14-8-6-7-12(10(14)2)16(22)19-9-13-11(3)21(4)20-15(13)17/h6-8,18H,5,9H2,1-4H3,(H,19,22). The van der Waals surface area contributed by atoms with Crippen LogP contribution in [0.2, 0.25) is 0 Å². The fourth-order valence-electron chi connectivity index (χ4n) is 2.34. The number of nitrogens with one attached hydrogen (secondary N) is 2. The van der Waals surface area contributed by atoms with Gasteiger partial charge in [0.05, 0.1) is 0 Å². The average molecular weight is 304 g/mol. The molecular formula is C16H21FN4O. The number of rotatable bonds is 5. The minimum absolute atomic E-state index is 0.120. The lowest BCUT2D eigenvalue weighted by molar-refractivity contribution is 0.0950. The second kappa shape index (κ2) is 6.60. The number of hydrogen-bond donors (Lipinski definition) is 2. The maximum atomic E-state index is 13.7. The van der Waals surface area contributed by atoms with Crippen LogP contribution >= 0.6 is 0 Å². The predicted molar refractivity (Wildman–Crippen MR) is 84.4 cm³/mol. The Kier molecular flexibility index (Phi) is 4.80. The first kappa shape index (κ1) is 16.0. The van der Waals surface area contributed by atoms with E-state index in [1.54, 1.807) is 20.0 Å². The maximum absolute atomic E-state index is 13.7. The molecule has 0 aliphatic rings. The highest BCUT2D eigenvalue weighted by atomic mass is 19.1. The van der Waals surface area contributed by atoms with E-state index in [-0.39, 0.29) is 12.5 Å². The van der Waals surface area contributed by atoms with E-state index in [4.69, 9.17) is 0 Å². The molecular weight excluding hydrogens is 283 g/mol. The predicted octanol–water partition coefficient (Wildman–Crippen LogP) is 2.54. The third-order valence-electron chi connectivity index (χ3n) is 3.78. The van der Waals surface area contributed by atoms with Crippen LogP contribution in [0.15, 0.2) is 18.2 Å². The van der Waals surface area contributed by atoms with Crippen molar-refractivity contribution in [3.05, 3.63) is 46.5 Å². The van der Waals surface area contributed by atoms with Crippen LogP contribution in [0.4, 0.5) is 10.1 Å². The van der Waals surface area contributed by atoms with Crippen molar-refractivity contribution in [1.29, 1.82) is 0 Å². The summed E-state index contributed by atoms with van der Waals surface area (Å²) in [5, 5.41) is 9.68. The average Bonchev–Trinajstić information content (AvgIpc) is 2.72. The molecule has 6 heteroatoms. The summed E-state index contributed by atoms with van der Waals surface area (Å²) in [7, 11) is 1.67. The molecule has 0 fully saturated rings. The maximum Gasteiger partial charge on any atom is 0.251 e. The Balaban J connectivity index is 2.14. The summed E-state index contributed by atoms with van der Waals surface area (Å²) >= 11 is 0. The third-order valence-corrected chi connectivity index (χ3v) is 3.78. The van der Waals surface area contributed by atoms with E-state index < -0.39 is 5.95 Å². The van der Waals surface area contributed by atoms with Crippen LogP contribution in [0.1, 0.15) is 34.1 Å². The van der Waals surface area contributed by atoms with Gasteiger partial charge in [0.15, 0.2) is 0 Å². The van der Waals surface area contributed by atoms with E-state index in [1.165, 1.54) is 4.68 Å². The van der Waals surface area contributed by atoms with E-state index >= 15 is 0 Å². The van der Waals surface area contributed by atoms with Crippen molar-refractivity contribution in [3.8, 4) is 0 Å². The number of aryl methyl sites for hydroxylation is 1. The van der Waals surface area contributed by atoms with Gasteiger partial charge in [-0.25, -0.2) is 0 Å². The normalized spacial score (nSPS) is 10.6. The third kappa shape index (κ3) is 3.10. The van der Waals surface area contributed by atoms with Crippen LogP contribution < -0.4 is 10.6 Å². The molecule has 5 nitrogen and oxygen atoms in total. The molecule has 1 aromatic heterocycles. The van der Waals surface area contributed by atoms with Crippen molar-refractivity contribution in [1.82, 2.24) is 15.1 Å². The number of carbonyl (C=O) groups excluding carboxylic acids is 1. The van der Waals surface area contributed by atoms with Gasteiger partial charge in [-0.3, -0.25) is 9.48 Å². The first-order valence-corrected chi connectivity index (χ1v) is 7.25. The molecule has 2 N–H and O–H groups in total. The molecule has 2 rings (SSSR count). The highest BCUT2D eigenvalue weighted by molar-refractivity contribution is 5.97. The lowest BCUT2D eigenvalue weighted by atomic mass is 10.1. The molecule has 0 aliphatic carbocycles. The SMILES string of the molecule is CCNc1cccc(C(=O)NCc2c(F)nn(C)c2C)c1C. The van der Waals surface area contributed by atoms with Gasteiger partial charge >= 0.3 is 0 Å². The summed E-state index contributed by atoms with van der Waals surface area (Å²) < 4.78 is 15.1. The molecule has 0 bridgehead atoms. The summed E-state index contributed by atoms with van der Waals surface area (Å²) in [6.07, 6.45) is 0. The van der Waals surface area contributed by atoms with Crippen LogP contribution in [0.5, 0.6) is 0 Å². The second-order valence-corrected chi connectivity index (χ2v) is 5.17. The molecule has 0 saturated heterocycles. The Morgan fingerprint density at radius 3 is 2.68 bits per heavy atom. The van der Waals surface area contributed by atoms with Crippen LogP contribution in [0.25, 0.3) is 0 Å². The molecule has 0 aliphatic heterocycles. The van der Waals surface area contributed by atoms with Gasteiger partial charge in [-0.2, -0.15) is 4.39 Å². The Hall–Kier alpha value is -2.37. The van der Waals surface area contributed by atoms with E-state index in [9.17, 15) is 9.18 Å². The summed E-state index contributed by atoms with van der Waals surface area (Å²) in [6, 6.07) is 5.52. The van der Waals surface area contributed by atoms with E-state index in [2.05, 4.69) is 15.7 Å². The Labute approximate surface area is 129 Å². The van der Waals surface area contributed by atoms with Gasteiger partial charge < -0.3 is 10.6 Å². The van der Waals surface area contributed by atoms with Gasteiger partial charge in [0.2, 0.25) is 5.95 Å². The molecule has 22 heavy (non-hydrogen) atoms. The number of hydrogen-bond acceptors (Lipinski definition) is 3. The zero-order valence-electron chi connectivity index (χ0n) is 13.3. The lowest BCUT2D eigenvalue weighted by Crippen LogP contribution is -2.24. The smallest absolute Gasteiger partial charge is 0.251 e. The summed E-state index contributed by atoms with van der Waals surface area (Å²) in [5.74, 6) is -0.765. The first-order chi connectivity index (χ1) is 10.5. The molecule has 2 aromatic rings. The van der Waals surface area contributed by atoms with Gasteiger partial charge in [0.25, 0.3) is 5.91 Å². The fraction of sp³-hybridized carbons (Fsp3) is 0.375. The van der Waals surface area contributed by atoms with Crippen LogP contribution in [-0.2, 0) is 13.6 Å². The van der Waals surface area contributed by atoms with E-state index in [1.807, 2.05) is 26.0 Å². The molecule has 0 saturated carbocycles. The highest BCUT2D eigenvalue weighted by Gasteiger charge is 2.15. The number of amides is 1. The van der Waals surface area contributed by atoms with Crippen molar-refractivity contribution in [2.75, 3.05) is 11.9 Å². The molecule has 0 atom stereocenters. The summed E-state index contributed by atoms with van der Waals surface area (Å²) in [5.41, 5.74) is 3.51. The highest BCUT2D eigenvalue weighted by Crippen LogP contribution is 2.19. The van der Waals surface area contributed by atoms with Crippen molar-refractivity contribution in [2.45, 2.75) is 27.3 Å². The molecule has 0 radical (unpaired) electrons. The molecule has 1 amide bonds. The minimum atomic E-state index is -0.543. The van der Waals surface area contributed by atoms with Crippen molar-refractivity contribution in [2.24, 2.45) is 7.05 Å².